The summed E-state index contributed by atoms with van der Waals surface area (Å²) in [4.78, 5) is 13.0. The van der Waals surface area contributed by atoms with E-state index in [0.29, 0.717) is 0 Å². The molecule has 21 heavy (non-hydrogen) atoms. The molecule has 7 heteroatoms. The van der Waals surface area contributed by atoms with E-state index in [9.17, 15) is 18.0 Å². The lowest BCUT2D eigenvalue weighted by atomic mass is 10.2. The van der Waals surface area contributed by atoms with E-state index in [4.69, 9.17) is 5.26 Å². The fraction of sp³-hybridized carbons (Fsp3) is 0.286. The van der Waals surface area contributed by atoms with Crippen molar-refractivity contribution in [2.75, 3.05) is 13.6 Å². The molecule has 0 bridgehead atoms. The van der Waals surface area contributed by atoms with E-state index in [1.807, 2.05) is 6.07 Å². The van der Waals surface area contributed by atoms with Crippen LogP contribution < -0.4 is 4.74 Å². The number of likely N-dealkylation sites (N-methyl/N-ethyl adjacent to an activating group) is 1. The van der Waals surface area contributed by atoms with Crippen molar-refractivity contribution >= 4 is 12.0 Å². The molecule has 1 rings (SSSR count). The zero-order valence-electron chi connectivity index (χ0n) is 11.2. The van der Waals surface area contributed by atoms with Crippen LogP contribution in [0.1, 0.15) is 12.0 Å². The SMILES string of the molecule is CN(CCC#N)C(=O)/C=C/c1ccccc1OC(F)(F)F. The number of amides is 1. The Hall–Kier alpha value is -2.49. The van der Waals surface area contributed by atoms with Crippen molar-refractivity contribution in [1.82, 2.24) is 4.90 Å². The summed E-state index contributed by atoms with van der Waals surface area (Å²) in [6, 6.07) is 7.40. The number of hydrogen-bond donors (Lipinski definition) is 0. The molecule has 0 spiro atoms. The number of nitrogens with zero attached hydrogens (tertiary/aromatic N) is 2. The van der Waals surface area contributed by atoms with Crippen molar-refractivity contribution in [3.8, 4) is 11.8 Å². The van der Waals surface area contributed by atoms with Crippen molar-refractivity contribution in [3.05, 3.63) is 35.9 Å². The Kier molecular flexibility index (Phi) is 5.79. The van der Waals surface area contributed by atoms with Crippen LogP contribution in [0.4, 0.5) is 13.2 Å². The minimum atomic E-state index is -4.79. The average molecular weight is 298 g/mol. The Labute approximate surface area is 120 Å². The lowest BCUT2D eigenvalue weighted by Crippen LogP contribution is -2.25. The molecule has 0 aliphatic heterocycles. The summed E-state index contributed by atoms with van der Waals surface area (Å²) < 4.78 is 40.6. The third kappa shape index (κ3) is 5.99. The molecule has 0 aliphatic rings. The highest BCUT2D eigenvalue weighted by atomic mass is 19.4. The van der Waals surface area contributed by atoms with E-state index < -0.39 is 12.3 Å². The normalized spacial score (nSPS) is 11.2. The number of para-hydroxylation sites is 1. The van der Waals surface area contributed by atoms with Gasteiger partial charge in [-0.1, -0.05) is 18.2 Å². The van der Waals surface area contributed by atoms with Gasteiger partial charge in [0.1, 0.15) is 5.75 Å². The highest BCUT2D eigenvalue weighted by molar-refractivity contribution is 5.92. The summed E-state index contributed by atoms with van der Waals surface area (Å²) >= 11 is 0. The summed E-state index contributed by atoms with van der Waals surface area (Å²) in [7, 11) is 1.50. The Balaban J connectivity index is 2.81. The molecule has 0 atom stereocenters. The monoisotopic (exact) mass is 298 g/mol. The number of rotatable bonds is 5. The molecule has 0 fully saturated rings. The van der Waals surface area contributed by atoms with E-state index in [1.165, 1.54) is 36.2 Å². The number of carbonyl (C=O) groups is 1. The third-order valence-corrected chi connectivity index (χ3v) is 2.49. The van der Waals surface area contributed by atoms with Gasteiger partial charge in [-0.05, 0) is 12.1 Å². The van der Waals surface area contributed by atoms with Crippen LogP contribution >= 0.6 is 0 Å². The van der Waals surface area contributed by atoms with Gasteiger partial charge in [-0.2, -0.15) is 5.26 Å². The largest absolute Gasteiger partial charge is 0.573 e. The Morgan fingerprint density at radius 3 is 2.71 bits per heavy atom. The molecule has 0 saturated heterocycles. The van der Waals surface area contributed by atoms with Crippen LogP contribution in [0.5, 0.6) is 5.75 Å². The van der Waals surface area contributed by atoms with Crippen LogP contribution in [0.15, 0.2) is 30.3 Å². The second-order valence-electron chi connectivity index (χ2n) is 4.09. The quantitative estimate of drug-likeness (QED) is 0.785. The smallest absolute Gasteiger partial charge is 0.405 e. The van der Waals surface area contributed by atoms with Crippen LogP contribution in [0.25, 0.3) is 6.08 Å². The molecule has 0 unspecified atom stereocenters. The Morgan fingerprint density at radius 2 is 2.10 bits per heavy atom. The summed E-state index contributed by atoms with van der Waals surface area (Å²) in [5.41, 5.74) is 0.136. The Morgan fingerprint density at radius 1 is 1.43 bits per heavy atom. The van der Waals surface area contributed by atoms with Crippen LogP contribution in [0, 0.1) is 11.3 Å². The van der Waals surface area contributed by atoms with E-state index in [-0.39, 0.29) is 24.3 Å². The summed E-state index contributed by atoms with van der Waals surface area (Å²) in [5.74, 6) is -0.791. The molecule has 1 aromatic carbocycles. The fourth-order valence-electron chi connectivity index (χ4n) is 1.45. The lowest BCUT2D eigenvalue weighted by Gasteiger charge is -2.13. The lowest BCUT2D eigenvalue weighted by molar-refractivity contribution is -0.274. The molecular formula is C14H13F3N2O2. The molecule has 0 aliphatic carbocycles. The zero-order valence-corrected chi connectivity index (χ0v) is 11.2. The first-order valence-corrected chi connectivity index (χ1v) is 5.98. The van der Waals surface area contributed by atoms with Gasteiger partial charge in [0.2, 0.25) is 5.91 Å². The molecule has 0 aromatic heterocycles. The molecule has 0 saturated carbocycles. The molecule has 1 amide bonds. The number of carbonyl (C=O) groups excluding carboxylic acids is 1. The average Bonchev–Trinajstić information content (AvgIpc) is 2.41. The second-order valence-corrected chi connectivity index (χ2v) is 4.09. The van der Waals surface area contributed by atoms with Gasteiger partial charge in [0, 0.05) is 25.2 Å². The second kappa shape index (κ2) is 7.33. The van der Waals surface area contributed by atoms with Gasteiger partial charge in [0.05, 0.1) is 12.5 Å². The number of ether oxygens (including phenoxy) is 1. The van der Waals surface area contributed by atoms with Gasteiger partial charge >= 0.3 is 6.36 Å². The molecule has 1 aromatic rings. The molecule has 112 valence electrons. The maximum Gasteiger partial charge on any atom is 0.573 e. The number of hydrogen-bond acceptors (Lipinski definition) is 3. The Bertz CT molecular complexity index is 562. The fourth-order valence-corrected chi connectivity index (χ4v) is 1.45. The van der Waals surface area contributed by atoms with Gasteiger partial charge in [0.25, 0.3) is 0 Å². The maximum absolute atomic E-state index is 12.2. The predicted molar refractivity (Wildman–Crippen MR) is 70.0 cm³/mol. The van der Waals surface area contributed by atoms with Crippen molar-refractivity contribution in [3.63, 3.8) is 0 Å². The molecule has 0 radical (unpaired) electrons. The molecular weight excluding hydrogens is 285 g/mol. The van der Waals surface area contributed by atoms with Crippen molar-refractivity contribution in [1.29, 1.82) is 5.26 Å². The van der Waals surface area contributed by atoms with E-state index in [2.05, 4.69) is 4.74 Å². The number of benzene rings is 1. The number of alkyl halides is 3. The van der Waals surface area contributed by atoms with E-state index in [0.717, 1.165) is 12.1 Å². The van der Waals surface area contributed by atoms with Crippen LogP contribution in [0.3, 0.4) is 0 Å². The zero-order chi connectivity index (χ0) is 15.9. The minimum absolute atomic E-state index is 0.136. The van der Waals surface area contributed by atoms with E-state index in [1.54, 1.807) is 0 Å². The summed E-state index contributed by atoms with van der Waals surface area (Å²) in [5, 5.41) is 8.42. The van der Waals surface area contributed by atoms with Gasteiger partial charge in [0.15, 0.2) is 0 Å². The van der Waals surface area contributed by atoms with Crippen molar-refractivity contribution in [2.24, 2.45) is 0 Å². The first-order chi connectivity index (χ1) is 9.83. The number of nitriles is 1. The first kappa shape index (κ1) is 16.6. The maximum atomic E-state index is 12.2. The predicted octanol–water partition coefficient (Wildman–Crippen LogP) is 2.97. The number of halogens is 3. The van der Waals surface area contributed by atoms with Crippen molar-refractivity contribution < 1.29 is 22.7 Å². The van der Waals surface area contributed by atoms with Crippen molar-refractivity contribution in [2.45, 2.75) is 12.8 Å². The van der Waals surface area contributed by atoms with E-state index >= 15 is 0 Å². The minimum Gasteiger partial charge on any atom is -0.405 e. The molecule has 0 heterocycles. The van der Waals surface area contributed by atoms with Gasteiger partial charge in [-0.25, -0.2) is 0 Å². The molecule has 4 nitrogen and oxygen atoms in total. The van der Waals surface area contributed by atoms with Gasteiger partial charge < -0.3 is 9.64 Å². The van der Waals surface area contributed by atoms with Gasteiger partial charge in [-0.3, -0.25) is 4.79 Å². The topological polar surface area (TPSA) is 53.3 Å². The summed E-state index contributed by atoms with van der Waals surface area (Å²) in [6.07, 6.45) is -2.23. The molecule has 0 N–H and O–H groups in total. The van der Waals surface area contributed by atoms with Crippen LogP contribution in [-0.2, 0) is 4.79 Å². The summed E-state index contributed by atoms with van der Waals surface area (Å²) in [6.45, 7) is 0.250. The highest BCUT2D eigenvalue weighted by Gasteiger charge is 2.31. The highest BCUT2D eigenvalue weighted by Crippen LogP contribution is 2.26. The third-order valence-electron chi connectivity index (χ3n) is 2.49. The van der Waals surface area contributed by atoms with Crippen LogP contribution in [-0.4, -0.2) is 30.8 Å². The first-order valence-electron chi connectivity index (χ1n) is 5.98. The van der Waals surface area contributed by atoms with Gasteiger partial charge in [-0.15, -0.1) is 13.2 Å². The standard InChI is InChI=1S/C14H13F3N2O2/c1-19(10-4-9-18)13(20)8-7-11-5-2-3-6-12(11)21-14(15,16)17/h2-3,5-8H,4,10H2,1H3/b8-7+. The van der Waals surface area contributed by atoms with Crippen LogP contribution in [0.2, 0.25) is 0 Å².